The number of primary sulfonamides is 1. The fraction of sp³-hybridized carbons (Fsp3) is 0.286. The molecular weight excluding hydrogens is 611 g/mol. The van der Waals surface area contributed by atoms with Crippen molar-refractivity contribution < 1.29 is 21.6 Å². The average Bonchev–Trinajstić information content (AvgIpc) is 3.41. The maximum Gasteiger partial charge on any atom is 0.421 e. The Labute approximate surface area is 256 Å². The fourth-order valence-electron chi connectivity index (χ4n) is 5.07. The number of aliphatic imine (C=N–C) groups is 1. The second kappa shape index (κ2) is 12.0. The summed E-state index contributed by atoms with van der Waals surface area (Å²) in [7, 11) is -1.84. The van der Waals surface area contributed by atoms with Crippen molar-refractivity contribution in [3.63, 3.8) is 0 Å². The Bertz CT molecular complexity index is 1880. The number of nitrogens with one attached hydrogen (secondary N) is 3. The molecule has 0 radical (unpaired) electrons. The quantitative estimate of drug-likeness (QED) is 0.235. The van der Waals surface area contributed by atoms with Crippen molar-refractivity contribution in [2.75, 3.05) is 55.4 Å². The first-order valence-corrected chi connectivity index (χ1v) is 15.6. The largest absolute Gasteiger partial charge is 0.421 e. The van der Waals surface area contributed by atoms with E-state index in [1.807, 2.05) is 23.2 Å². The summed E-state index contributed by atoms with van der Waals surface area (Å²) in [6, 6.07) is 11.3. The van der Waals surface area contributed by atoms with Gasteiger partial charge in [0.1, 0.15) is 23.9 Å². The van der Waals surface area contributed by atoms with E-state index in [1.54, 1.807) is 24.3 Å². The standard InChI is InChI=1S/C28H30F3N11O2S/c1-40-10-12-41(13-11-40)24-8-9-42(17-34-24)26-20-7-6-19(14-23(20)38-39-26)35-27-33-15-21(28(29,30)31)25(37-27)36-22-5-3-2-4-18(22)16-45(32,43)44/h2-9,14-15H,10-13,16-17H2,1H3,(H,38,39)(H2,32,43,44)(H2,33,35,36,37). The first-order chi connectivity index (χ1) is 21.4. The Balaban J connectivity index is 1.21. The van der Waals surface area contributed by atoms with Gasteiger partial charge in [-0.3, -0.25) is 5.10 Å². The topological polar surface area (TPSA) is 161 Å². The van der Waals surface area contributed by atoms with E-state index < -0.39 is 33.3 Å². The number of fused-ring (bicyclic) bond motifs is 1. The van der Waals surface area contributed by atoms with Crippen LogP contribution in [0.2, 0.25) is 0 Å². The molecule has 17 heteroatoms. The summed E-state index contributed by atoms with van der Waals surface area (Å²) in [5, 5.41) is 19.0. The molecule has 13 nitrogen and oxygen atoms in total. The van der Waals surface area contributed by atoms with Crippen molar-refractivity contribution >= 4 is 55.7 Å². The molecule has 2 aromatic carbocycles. The average molecular weight is 642 g/mol. The van der Waals surface area contributed by atoms with Gasteiger partial charge in [-0.25, -0.2) is 23.5 Å². The first kappa shape index (κ1) is 30.3. The number of rotatable bonds is 7. The van der Waals surface area contributed by atoms with E-state index in [0.717, 1.165) is 37.4 Å². The molecule has 0 spiro atoms. The minimum atomic E-state index is -4.78. The number of anilines is 5. The van der Waals surface area contributed by atoms with Gasteiger partial charge >= 0.3 is 6.18 Å². The zero-order valence-corrected chi connectivity index (χ0v) is 24.9. The normalized spacial score (nSPS) is 16.2. The van der Waals surface area contributed by atoms with Crippen molar-refractivity contribution in [3.8, 4) is 0 Å². The second-order valence-electron chi connectivity index (χ2n) is 10.7. The number of hydrogen-bond acceptors (Lipinski definition) is 11. The lowest BCUT2D eigenvalue weighted by Gasteiger charge is -2.35. The predicted octanol–water partition coefficient (Wildman–Crippen LogP) is 3.58. The van der Waals surface area contributed by atoms with Crippen LogP contribution in [0, 0.1) is 0 Å². The number of H-pyrrole nitrogens is 1. The molecule has 2 aliphatic rings. The van der Waals surface area contributed by atoms with Gasteiger partial charge in [-0.05, 0) is 43.0 Å². The Morgan fingerprint density at radius 3 is 2.56 bits per heavy atom. The highest BCUT2D eigenvalue weighted by Gasteiger charge is 2.35. The van der Waals surface area contributed by atoms with Crippen LogP contribution in [-0.4, -0.2) is 84.1 Å². The first-order valence-electron chi connectivity index (χ1n) is 13.9. The summed E-state index contributed by atoms with van der Waals surface area (Å²) < 4.78 is 64.9. The van der Waals surface area contributed by atoms with Crippen LogP contribution >= 0.6 is 0 Å². The Morgan fingerprint density at radius 2 is 1.84 bits per heavy atom. The maximum absolute atomic E-state index is 13.9. The molecule has 0 unspecified atom stereocenters. The van der Waals surface area contributed by atoms with Crippen molar-refractivity contribution in [1.82, 2.24) is 30.0 Å². The molecule has 0 saturated carbocycles. The molecule has 0 aliphatic carbocycles. The van der Waals surface area contributed by atoms with Gasteiger partial charge in [-0.15, -0.1) is 0 Å². The van der Waals surface area contributed by atoms with Crippen molar-refractivity contribution in [2.45, 2.75) is 11.9 Å². The van der Waals surface area contributed by atoms with Gasteiger partial charge in [-0.1, -0.05) is 18.2 Å². The van der Waals surface area contributed by atoms with Crippen molar-refractivity contribution in [3.05, 3.63) is 72.1 Å². The minimum absolute atomic E-state index is 0.111. The number of nitrogens with two attached hydrogens (primary N) is 1. The van der Waals surface area contributed by atoms with E-state index in [4.69, 9.17) is 10.1 Å². The number of benzene rings is 2. The van der Waals surface area contributed by atoms with Crippen LogP contribution in [0.25, 0.3) is 10.9 Å². The third-order valence-electron chi connectivity index (χ3n) is 7.41. The number of halogens is 3. The number of alkyl halides is 3. The number of aromatic amines is 1. The molecule has 4 heterocycles. The summed E-state index contributed by atoms with van der Waals surface area (Å²) in [6.07, 6.45) is -0.189. The molecule has 2 aliphatic heterocycles. The number of sulfonamides is 1. The van der Waals surface area contributed by atoms with Crippen LogP contribution in [-0.2, 0) is 22.0 Å². The molecule has 2 aromatic heterocycles. The summed E-state index contributed by atoms with van der Waals surface area (Å²) in [5.74, 6) is 0.392. The molecule has 1 fully saturated rings. The zero-order chi connectivity index (χ0) is 31.8. The zero-order valence-electron chi connectivity index (χ0n) is 24.1. The van der Waals surface area contributed by atoms with Gasteiger partial charge in [-0.2, -0.15) is 23.3 Å². The number of nitrogens with zero attached hydrogens (tertiary/aromatic N) is 7. The molecule has 0 atom stereocenters. The second-order valence-corrected chi connectivity index (χ2v) is 12.3. The number of likely N-dealkylation sites (N-methyl/N-ethyl adjacent to an activating group) is 1. The number of para-hydroxylation sites is 1. The van der Waals surface area contributed by atoms with Gasteiger partial charge in [0.05, 0.1) is 11.3 Å². The molecule has 45 heavy (non-hydrogen) atoms. The molecule has 4 aromatic rings. The number of aromatic nitrogens is 4. The third kappa shape index (κ3) is 7.00. The smallest absolute Gasteiger partial charge is 0.354 e. The van der Waals surface area contributed by atoms with Crippen LogP contribution in [0.4, 0.5) is 42.1 Å². The highest BCUT2D eigenvalue weighted by Crippen LogP contribution is 2.36. The monoisotopic (exact) mass is 641 g/mol. The molecule has 0 amide bonds. The van der Waals surface area contributed by atoms with E-state index in [1.165, 1.54) is 12.1 Å². The minimum Gasteiger partial charge on any atom is -0.354 e. The van der Waals surface area contributed by atoms with E-state index in [0.29, 0.717) is 29.9 Å². The summed E-state index contributed by atoms with van der Waals surface area (Å²) >= 11 is 0. The molecule has 0 bridgehead atoms. The van der Waals surface area contributed by atoms with Crippen LogP contribution in [0.1, 0.15) is 11.1 Å². The lowest BCUT2D eigenvalue weighted by molar-refractivity contribution is -0.137. The molecular formula is C28H30F3N11O2S. The van der Waals surface area contributed by atoms with Crippen LogP contribution in [0.15, 0.2) is 65.9 Å². The summed E-state index contributed by atoms with van der Waals surface area (Å²) in [5.41, 5.74) is 0.355. The lowest BCUT2D eigenvalue weighted by Crippen LogP contribution is -2.47. The van der Waals surface area contributed by atoms with E-state index in [-0.39, 0.29) is 17.2 Å². The molecule has 1 saturated heterocycles. The van der Waals surface area contributed by atoms with Gasteiger partial charge in [0.25, 0.3) is 0 Å². The van der Waals surface area contributed by atoms with Gasteiger partial charge in [0, 0.05) is 55.3 Å². The SMILES string of the molecule is CN1CCN(C2=NCN(c3n[nH]c4cc(Nc5ncc(C(F)(F)F)c(Nc6ccccc6CS(N)(=O)=O)n5)ccc34)C=C2)CC1. The highest BCUT2D eigenvalue weighted by atomic mass is 32.2. The predicted molar refractivity (Wildman–Crippen MR) is 166 cm³/mol. The van der Waals surface area contributed by atoms with Crippen LogP contribution < -0.4 is 20.7 Å². The number of hydrogen-bond donors (Lipinski definition) is 4. The van der Waals surface area contributed by atoms with Crippen molar-refractivity contribution in [1.29, 1.82) is 0 Å². The third-order valence-corrected chi connectivity index (χ3v) is 8.12. The molecule has 236 valence electrons. The van der Waals surface area contributed by atoms with E-state index in [9.17, 15) is 21.6 Å². The Kier molecular flexibility index (Phi) is 8.07. The lowest BCUT2D eigenvalue weighted by atomic mass is 10.2. The summed E-state index contributed by atoms with van der Waals surface area (Å²) in [4.78, 5) is 19.2. The molecule has 6 rings (SSSR count). The van der Waals surface area contributed by atoms with E-state index >= 15 is 0 Å². The maximum atomic E-state index is 13.9. The fourth-order valence-corrected chi connectivity index (χ4v) is 5.76. The summed E-state index contributed by atoms with van der Waals surface area (Å²) in [6.45, 7) is 4.23. The van der Waals surface area contributed by atoms with Crippen LogP contribution in [0.5, 0.6) is 0 Å². The van der Waals surface area contributed by atoms with Crippen molar-refractivity contribution in [2.24, 2.45) is 10.1 Å². The van der Waals surface area contributed by atoms with Crippen LogP contribution in [0.3, 0.4) is 0 Å². The van der Waals surface area contributed by atoms with Gasteiger partial charge in [0.15, 0.2) is 5.82 Å². The highest BCUT2D eigenvalue weighted by molar-refractivity contribution is 7.88. The van der Waals surface area contributed by atoms with Gasteiger partial charge in [0.2, 0.25) is 16.0 Å². The Morgan fingerprint density at radius 1 is 1.07 bits per heavy atom. The molecule has 5 N–H and O–H groups in total. The number of piperazine rings is 1. The van der Waals surface area contributed by atoms with E-state index in [2.05, 4.69) is 47.6 Å². The van der Waals surface area contributed by atoms with Gasteiger partial charge < -0.3 is 25.3 Å². The Hall–Kier alpha value is -4.74. The number of amidine groups is 1.